The predicted octanol–water partition coefficient (Wildman–Crippen LogP) is 1.57. The molecule has 0 bridgehead atoms. The summed E-state index contributed by atoms with van der Waals surface area (Å²) in [6.07, 6.45) is 4.24. The molecule has 0 fully saturated rings. The summed E-state index contributed by atoms with van der Waals surface area (Å²) in [7, 11) is 0. The lowest BCUT2D eigenvalue weighted by Gasteiger charge is -2.03. The average Bonchev–Trinajstić information content (AvgIpc) is 1.85. The molecule has 3 heteroatoms. The van der Waals surface area contributed by atoms with E-state index in [-0.39, 0.29) is 0 Å². The Morgan fingerprint density at radius 2 is 2.18 bits per heavy atom. The molecule has 0 aromatic carbocycles. The number of unbranched alkanes of at least 4 members (excludes halogenated alkanes) is 3. The molecular weight excluding hydrogens is 206 g/mol. The van der Waals surface area contributed by atoms with Crippen molar-refractivity contribution in [2.24, 2.45) is 5.73 Å². The monoisotopic (exact) mass is 219 g/mol. The van der Waals surface area contributed by atoms with E-state index in [9.17, 15) is 0 Å². The second-order valence-corrected chi connectivity index (χ2v) is 3.64. The Balaban J connectivity index is 3.41. The van der Waals surface area contributed by atoms with Gasteiger partial charge in [-0.2, -0.15) is 0 Å². The summed E-state index contributed by atoms with van der Waals surface area (Å²) >= 11 is 2.81. The molecular formula is C8H14BrNO. The molecule has 11 heavy (non-hydrogen) atoms. The molecule has 0 aliphatic heterocycles. The van der Waals surface area contributed by atoms with Gasteiger partial charge < -0.3 is 5.11 Å². The van der Waals surface area contributed by atoms with Gasteiger partial charge in [0.15, 0.2) is 0 Å². The highest BCUT2D eigenvalue weighted by Gasteiger charge is 2.08. The minimum atomic E-state index is -1.50. The molecule has 0 aromatic heterocycles. The first-order valence-electron chi connectivity index (χ1n) is 3.76. The molecule has 0 heterocycles. The summed E-state index contributed by atoms with van der Waals surface area (Å²) in [6.45, 7) is 2.14. The van der Waals surface area contributed by atoms with Crippen LogP contribution < -0.4 is 5.73 Å². The highest BCUT2D eigenvalue weighted by molar-refractivity contribution is 9.10. The van der Waals surface area contributed by atoms with E-state index in [1.54, 1.807) is 0 Å². The van der Waals surface area contributed by atoms with Crippen LogP contribution in [-0.2, 0) is 0 Å². The molecule has 0 spiro atoms. The van der Waals surface area contributed by atoms with Gasteiger partial charge in [0.1, 0.15) is 0 Å². The normalized spacial score (nSPS) is 14.9. The second-order valence-electron chi connectivity index (χ2n) is 2.43. The maximum Gasteiger partial charge on any atom is 0.235 e. The smallest absolute Gasteiger partial charge is 0.235 e. The number of nitrogens with two attached hydrogens (primary N) is 1. The van der Waals surface area contributed by atoms with Crippen LogP contribution in [0.2, 0.25) is 0 Å². The van der Waals surface area contributed by atoms with Crippen LogP contribution in [0.5, 0.6) is 0 Å². The molecule has 1 unspecified atom stereocenters. The summed E-state index contributed by atoms with van der Waals surface area (Å²) in [6, 6.07) is 0. The van der Waals surface area contributed by atoms with Gasteiger partial charge in [-0.3, -0.25) is 5.73 Å². The minimum Gasteiger partial charge on any atom is -0.357 e. The van der Waals surface area contributed by atoms with E-state index < -0.39 is 4.63 Å². The Labute approximate surface area is 76.3 Å². The van der Waals surface area contributed by atoms with E-state index in [4.69, 9.17) is 10.8 Å². The van der Waals surface area contributed by atoms with Gasteiger partial charge in [0, 0.05) is 6.42 Å². The van der Waals surface area contributed by atoms with Crippen molar-refractivity contribution in [3.05, 3.63) is 0 Å². The maximum absolute atomic E-state index is 8.90. The lowest BCUT2D eigenvalue weighted by molar-refractivity contribution is 0.213. The molecule has 0 saturated carbocycles. The van der Waals surface area contributed by atoms with Crippen molar-refractivity contribution >= 4 is 15.9 Å². The minimum absolute atomic E-state index is 0.805. The molecule has 64 valence electrons. The van der Waals surface area contributed by atoms with Crippen molar-refractivity contribution in [2.45, 2.75) is 37.2 Å². The first kappa shape index (κ1) is 11.0. The summed E-state index contributed by atoms with van der Waals surface area (Å²) in [5.74, 6) is 5.27. The average molecular weight is 220 g/mol. The second kappa shape index (κ2) is 5.59. The van der Waals surface area contributed by atoms with Crippen molar-refractivity contribution < 1.29 is 5.11 Å². The number of halogens is 1. The Morgan fingerprint density at radius 3 is 2.64 bits per heavy atom. The van der Waals surface area contributed by atoms with E-state index >= 15 is 0 Å². The zero-order valence-electron chi connectivity index (χ0n) is 6.73. The number of aliphatic hydroxyl groups is 1. The van der Waals surface area contributed by atoms with Gasteiger partial charge in [0.05, 0.1) is 0 Å². The van der Waals surface area contributed by atoms with Crippen LogP contribution in [0.3, 0.4) is 0 Å². The van der Waals surface area contributed by atoms with Crippen molar-refractivity contribution in [3.63, 3.8) is 0 Å². The van der Waals surface area contributed by atoms with Gasteiger partial charge in [-0.15, -0.1) is 0 Å². The third kappa shape index (κ3) is 9.96. The maximum atomic E-state index is 8.90. The Morgan fingerprint density at radius 1 is 1.55 bits per heavy atom. The molecule has 0 rings (SSSR count). The lowest BCUT2D eigenvalue weighted by atomic mass is 10.2. The van der Waals surface area contributed by atoms with Gasteiger partial charge in [-0.25, -0.2) is 0 Å². The van der Waals surface area contributed by atoms with E-state index in [0.717, 1.165) is 12.8 Å². The van der Waals surface area contributed by atoms with Gasteiger partial charge >= 0.3 is 0 Å². The molecule has 0 saturated heterocycles. The van der Waals surface area contributed by atoms with Crippen LogP contribution in [0.4, 0.5) is 0 Å². The topological polar surface area (TPSA) is 46.2 Å². The number of hydrogen-bond donors (Lipinski definition) is 2. The highest BCUT2D eigenvalue weighted by atomic mass is 79.9. The molecule has 0 radical (unpaired) electrons. The zero-order valence-corrected chi connectivity index (χ0v) is 8.32. The third-order valence-corrected chi connectivity index (χ3v) is 1.37. The van der Waals surface area contributed by atoms with Crippen LogP contribution in [0.25, 0.3) is 0 Å². The van der Waals surface area contributed by atoms with E-state index in [1.807, 2.05) is 0 Å². The number of alkyl halides is 1. The molecule has 0 aromatic rings. The third-order valence-electron chi connectivity index (χ3n) is 1.17. The summed E-state index contributed by atoms with van der Waals surface area (Å²) in [4.78, 5) is 0. The molecule has 1 atom stereocenters. The van der Waals surface area contributed by atoms with Crippen LogP contribution in [0.1, 0.15) is 32.6 Å². The molecule has 2 nitrogen and oxygen atoms in total. The molecule has 3 N–H and O–H groups in total. The zero-order chi connectivity index (χ0) is 8.74. The van der Waals surface area contributed by atoms with Crippen molar-refractivity contribution in [2.75, 3.05) is 0 Å². The summed E-state index contributed by atoms with van der Waals surface area (Å²) in [5, 5.41) is 8.90. The molecule has 0 amide bonds. The van der Waals surface area contributed by atoms with E-state index in [2.05, 4.69) is 34.7 Å². The van der Waals surface area contributed by atoms with Gasteiger partial charge in [-0.05, 0) is 28.3 Å². The largest absolute Gasteiger partial charge is 0.357 e. The van der Waals surface area contributed by atoms with Gasteiger partial charge in [-0.1, -0.05) is 25.7 Å². The number of hydrogen-bond acceptors (Lipinski definition) is 2. The van der Waals surface area contributed by atoms with Crippen molar-refractivity contribution in [1.82, 2.24) is 0 Å². The first-order chi connectivity index (χ1) is 5.06. The fraction of sp³-hybridized carbons (Fsp3) is 0.750. The van der Waals surface area contributed by atoms with E-state index in [1.165, 1.54) is 12.8 Å². The quantitative estimate of drug-likeness (QED) is 0.249. The Hall–Kier alpha value is -0.0400. The van der Waals surface area contributed by atoms with Crippen molar-refractivity contribution in [3.8, 4) is 11.8 Å². The summed E-state index contributed by atoms with van der Waals surface area (Å²) in [5.41, 5.74) is 5.15. The van der Waals surface area contributed by atoms with Gasteiger partial charge in [0.25, 0.3) is 0 Å². The summed E-state index contributed by atoms with van der Waals surface area (Å²) < 4.78 is -1.50. The van der Waals surface area contributed by atoms with Crippen LogP contribution in [-0.4, -0.2) is 9.74 Å². The Bertz CT molecular complexity index is 152. The van der Waals surface area contributed by atoms with E-state index in [0.29, 0.717) is 0 Å². The Kier molecular flexibility index (Phi) is 5.57. The van der Waals surface area contributed by atoms with Crippen LogP contribution in [0.15, 0.2) is 0 Å². The number of rotatable bonds is 3. The molecule has 0 aliphatic rings. The highest BCUT2D eigenvalue weighted by Crippen LogP contribution is 2.03. The first-order valence-corrected chi connectivity index (χ1v) is 4.55. The lowest BCUT2D eigenvalue weighted by Crippen LogP contribution is -2.29. The standard InChI is InChI=1S/C8H14BrNO/c1-2-3-4-5-6-7-8(9,10)11/h11H,2-5,10H2,1H3. The predicted molar refractivity (Wildman–Crippen MR) is 50.0 cm³/mol. The van der Waals surface area contributed by atoms with Gasteiger partial charge in [0.2, 0.25) is 4.63 Å². The fourth-order valence-electron chi connectivity index (χ4n) is 0.650. The SMILES string of the molecule is CCCCCC#CC(N)(O)Br. The molecule has 0 aliphatic carbocycles. The van der Waals surface area contributed by atoms with Crippen LogP contribution in [0, 0.1) is 11.8 Å². The fourth-order valence-corrected chi connectivity index (χ4v) is 0.790. The van der Waals surface area contributed by atoms with Crippen LogP contribution >= 0.6 is 15.9 Å². The van der Waals surface area contributed by atoms with Crippen molar-refractivity contribution in [1.29, 1.82) is 0 Å².